The Kier molecular flexibility index (Phi) is 3.54. The van der Waals surface area contributed by atoms with E-state index in [9.17, 15) is 0 Å². The minimum atomic E-state index is -0.0205. The van der Waals surface area contributed by atoms with Crippen LogP contribution in [0, 0.1) is 13.8 Å². The average molecular weight is 273 g/mol. The van der Waals surface area contributed by atoms with Crippen molar-refractivity contribution in [1.29, 1.82) is 0 Å². The van der Waals surface area contributed by atoms with Crippen molar-refractivity contribution in [2.24, 2.45) is 7.05 Å². The number of aromatic nitrogens is 4. The Hall–Kier alpha value is -1.91. The molecule has 2 aromatic rings. The maximum Gasteiger partial charge on any atom is 0.223 e. The second kappa shape index (κ2) is 4.89. The molecule has 0 amide bonds. The molecular formula is C15H23N5. The quantitative estimate of drug-likeness (QED) is 0.914. The van der Waals surface area contributed by atoms with Gasteiger partial charge in [0.15, 0.2) is 0 Å². The second-order valence-corrected chi connectivity index (χ2v) is 6.13. The molecule has 2 aromatic heterocycles. The number of rotatable bonds is 2. The van der Waals surface area contributed by atoms with E-state index in [1.54, 1.807) is 0 Å². The Balaban J connectivity index is 2.68. The van der Waals surface area contributed by atoms with Crippen molar-refractivity contribution in [3.63, 3.8) is 0 Å². The molecule has 0 aliphatic rings. The molecule has 0 bridgehead atoms. The highest BCUT2D eigenvalue weighted by Crippen LogP contribution is 2.29. The number of nitrogens with one attached hydrogen (secondary N) is 1. The summed E-state index contributed by atoms with van der Waals surface area (Å²) in [6, 6.07) is 2.07. The Bertz CT molecular complexity index is 634. The van der Waals surface area contributed by atoms with Crippen molar-refractivity contribution in [2.45, 2.75) is 40.0 Å². The minimum absolute atomic E-state index is 0.0205. The molecule has 0 fully saturated rings. The summed E-state index contributed by atoms with van der Waals surface area (Å²) >= 11 is 0. The third-order valence-electron chi connectivity index (χ3n) is 3.48. The molecule has 108 valence electrons. The first-order chi connectivity index (χ1) is 9.24. The van der Waals surface area contributed by atoms with E-state index in [-0.39, 0.29) is 5.41 Å². The highest BCUT2D eigenvalue weighted by molar-refractivity contribution is 5.66. The molecule has 0 saturated carbocycles. The third kappa shape index (κ3) is 2.53. The van der Waals surface area contributed by atoms with E-state index < -0.39 is 0 Å². The van der Waals surface area contributed by atoms with Gasteiger partial charge >= 0.3 is 0 Å². The topological polar surface area (TPSA) is 55.6 Å². The van der Waals surface area contributed by atoms with Crippen molar-refractivity contribution in [1.82, 2.24) is 19.7 Å². The minimum Gasteiger partial charge on any atom is -0.357 e. The van der Waals surface area contributed by atoms with Crippen LogP contribution in [0.1, 0.15) is 37.9 Å². The first-order valence-electron chi connectivity index (χ1n) is 6.82. The van der Waals surface area contributed by atoms with E-state index in [0.29, 0.717) is 5.95 Å². The summed E-state index contributed by atoms with van der Waals surface area (Å²) in [6.45, 7) is 10.5. The summed E-state index contributed by atoms with van der Waals surface area (Å²) in [5, 5.41) is 7.52. The van der Waals surface area contributed by atoms with Gasteiger partial charge in [0, 0.05) is 30.8 Å². The predicted molar refractivity (Wildman–Crippen MR) is 82.0 cm³/mol. The van der Waals surface area contributed by atoms with Crippen LogP contribution >= 0.6 is 0 Å². The highest BCUT2D eigenvalue weighted by atomic mass is 15.3. The first kappa shape index (κ1) is 14.5. The molecule has 0 aliphatic carbocycles. The predicted octanol–water partition coefficient (Wildman–Crippen LogP) is 2.83. The summed E-state index contributed by atoms with van der Waals surface area (Å²) in [7, 11) is 3.80. The van der Waals surface area contributed by atoms with E-state index in [0.717, 1.165) is 28.3 Å². The zero-order valence-electron chi connectivity index (χ0n) is 13.4. The van der Waals surface area contributed by atoms with Gasteiger partial charge in [-0.2, -0.15) is 5.10 Å². The van der Waals surface area contributed by atoms with Gasteiger partial charge in [0.1, 0.15) is 0 Å². The van der Waals surface area contributed by atoms with Crippen molar-refractivity contribution in [3.05, 3.63) is 23.1 Å². The maximum absolute atomic E-state index is 4.60. The summed E-state index contributed by atoms with van der Waals surface area (Å²) in [5.41, 5.74) is 5.13. The molecule has 5 heteroatoms. The van der Waals surface area contributed by atoms with Crippen LogP contribution in [-0.4, -0.2) is 26.8 Å². The molecule has 2 heterocycles. The Morgan fingerprint density at radius 2 is 1.80 bits per heavy atom. The van der Waals surface area contributed by atoms with Crippen LogP contribution in [0.2, 0.25) is 0 Å². The van der Waals surface area contributed by atoms with E-state index in [1.165, 1.54) is 0 Å². The number of anilines is 1. The van der Waals surface area contributed by atoms with Crippen molar-refractivity contribution in [2.75, 3.05) is 12.4 Å². The fraction of sp³-hybridized carbons (Fsp3) is 0.533. The van der Waals surface area contributed by atoms with Crippen LogP contribution in [0.3, 0.4) is 0 Å². The largest absolute Gasteiger partial charge is 0.357 e. The summed E-state index contributed by atoms with van der Waals surface area (Å²) in [4.78, 5) is 9.16. The van der Waals surface area contributed by atoms with Crippen molar-refractivity contribution >= 4 is 5.95 Å². The molecule has 0 aromatic carbocycles. The maximum atomic E-state index is 4.60. The number of nitrogens with zero attached hydrogens (tertiary/aromatic N) is 4. The number of hydrogen-bond acceptors (Lipinski definition) is 4. The first-order valence-corrected chi connectivity index (χ1v) is 6.82. The van der Waals surface area contributed by atoms with E-state index in [4.69, 9.17) is 0 Å². The molecule has 1 N–H and O–H groups in total. The SMILES string of the molecule is CNc1nc(-c2c(C)nn(C)c2C)cc(C(C)(C)C)n1. The Morgan fingerprint density at radius 3 is 2.25 bits per heavy atom. The molecule has 0 aliphatic heterocycles. The van der Waals surface area contributed by atoms with Gasteiger partial charge < -0.3 is 5.32 Å². The van der Waals surface area contributed by atoms with Crippen LogP contribution < -0.4 is 5.32 Å². The standard InChI is InChI=1S/C15H23N5/c1-9-13(10(2)20(7)19-9)11-8-12(15(3,4)5)18-14(16-6)17-11/h8H,1-7H3,(H,16,17,18). The normalized spacial score (nSPS) is 11.8. The van der Waals surface area contributed by atoms with E-state index in [1.807, 2.05) is 25.7 Å². The van der Waals surface area contributed by atoms with Gasteiger partial charge in [-0.25, -0.2) is 9.97 Å². The molecular weight excluding hydrogens is 250 g/mol. The summed E-state index contributed by atoms with van der Waals surface area (Å²) in [6.07, 6.45) is 0. The molecule has 0 saturated heterocycles. The Labute approximate surface area is 120 Å². The van der Waals surface area contributed by atoms with Crippen molar-refractivity contribution in [3.8, 4) is 11.3 Å². The molecule has 0 unspecified atom stereocenters. The lowest BCUT2D eigenvalue weighted by Crippen LogP contribution is -2.15. The van der Waals surface area contributed by atoms with Gasteiger partial charge in [-0.05, 0) is 19.9 Å². The lowest BCUT2D eigenvalue weighted by atomic mass is 9.91. The van der Waals surface area contributed by atoms with Gasteiger partial charge in [-0.3, -0.25) is 4.68 Å². The second-order valence-electron chi connectivity index (χ2n) is 6.13. The molecule has 0 spiro atoms. The van der Waals surface area contributed by atoms with Crippen LogP contribution in [0.5, 0.6) is 0 Å². The molecule has 0 atom stereocenters. The number of aryl methyl sites for hydroxylation is 2. The average Bonchev–Trinajstić information content (AvgIpc) is 2.61. The van der Waals surface area contributed by atoms with E-state index in [2.05, 4.69) is 54.1 Å². The van der Waals surface area contributed by atoms with E-state index >= 15 is 0 Å². The summed E-state index contributed by atoms with van der Waals surface area (Å²) in [5.74, 6) is 0.648. The molecule has 0 radical (unpaired) electrons. The molecule has 2 rings (SSSR count). The Morgan fingerprint density at radius 1 is 1.15 bits per heavy atom. The van der Waals surface area contributed by atoms with Gasteiger partial charge in [0.2, 0.25) is 5.95 Å². The fourth-order valence-corrected chi connectivity index (χ4v) is 2.22. The zero-order valence-corrected chi connectivity index (χ0v) is 13.4. The molecule has 5 nitrogen and oxygen atoms in total. The zero-order chi connectivity index (χ0) is 15.1. The monoisotopic (exact) mass is 273 g/mol. The van der Waals surface area contributed by atoms with Crippen LogP contribution in [0.4, 0.5) is 5.95 Å². The van der Waals surface area contributed by atoms with Gasteiger partial charge in [0.05, 0.1) is 17.1 Å². The van der Waals surface area contributed by atoms with Crippen LogP contribution in [-0.2, 0) is 12.5 Å². The molecule has 20 heavy (non-hydrogen) atoms. The highest BCUT2D eigenvalue weighted by Gasteiger charge is 2.20. The fourth-order valence-electron chi connectivity index (χ4n) is 2.22. The van der Waals surface area contributed by atoms with Crippen LogP contribution in [0.15, 0.2) is 6.07 Å². The van der Waals surface area contributed by atoms with Gasteiger partial charge in [-0.1, -0.05) is 20.8 Å². The lowest BCUT2D eigenvalue weighted by molar-refractivity contribution is 0.568. The number of hydrogen-bond donors (Lipinski definition) is 1. The third-order valence-corrected chi connectivity index (χ3v) is 3.48. The van der Waals surface area contributed by atoms with Gasteiger partial charge in [0.25, 0.3) is 0 Å². The van der Waals surface area contributed by atoms with Gasteiger partial charge in [-0.15, -0.1) is 0 Å². The lowest BCUT2D eigenvalue weighted by Gasteiger charge is -2.19. The van der Waals surface area contributed by atoms with Crippen LogP contribution in [0.25, 0.3) is 11.3 Å². The smallest absolute Gasteiger partial charge is 0.223 e. The van der Waals surface area contributed by atoms with Crippen molar-refractivity contribution < 1.29 is 0 Å². The summed E-state index contributed by atoms with van der Waals surface area (Å²) < 4.78 is 1.89.